The van der Waals surface area contributed by atoms with Gasteiger partial charge in [0.25, 0.3) is 5.91 Å². The third-order valence-electron chi connectivity index (χ3n) is 3.64. The van der Waals surface area contributed by atoms with Crippen molar-refractivity contribution in [3.63, 3.8) is 0 Å². The van der Waals surface area contributed by atoms with E-state index in [-0.39, 0.29) is 5.91 Å². The van der Waals surface area contributed by atoms with Crippen LogP contribution in [-0.2, 0) is 4.79 Å². The smallest absolute Gasteiger partial charge is 0.269 e. The zero-order valence-electron chi connectivity index (χ0n) is 15.8. The molecule has 0 aliphatic carbocycles. The van der Waals surface area contributed by atoms with Crippen molar-refractivity contribution >= 4 is 11.8 Å². The van der Waals surface area contributed by atoms with Crippen molar-refractivity contribution in [1.82, 2.24) is 10.9 Å². The van der Waals surface area contributed by atoms with Gasteiger partial charge in [-0.1, -0.05) is 27.7 Å². The molecule has 1 aromatic carbocycles. The maximum atomic E-state index is 12.1. The van der Waals surface area contributed by atoms with Crippen LogP contribution in [0.15, 0.2) is 18.2 Å². The lowest BCUT2D eigenvalue weighted by atomic mass is 10.1. The molecule has 0 fully saturated rings. The lowest BCUT2D eigenvalue weighted by molar-refractivity contribution is -0.122. The van der Waals surface area contributed by atoms with Crippen molar-refractivity contribution in [3.8, 4) is 11.5 Å². The summed E-state index contributed by atoms with van der Waals surface area (Å²) in [4.78, 5) is 23.8. The van der Waals surface area contributed by atoms with Crippen molar-refractivity contribution in [2.24, 2.45) is 11.8 Å². The van der Waals surface area contributed by atoms with E-state index in [2.05, 4.69) is 24.7 Å². The molecule has 140 valence electrons. The van der Waals surface area contributed by atoms with E-state index in [1.807, 2.05) is 13.8 Å². The molecule has 0 radical (unpaired) electrons. The molecule has 0 aliphatic heterocycles. The highest BCUT2D eigenvalue weighted by Gasteiger charge is 2.12. The second-order valence-corrected chi connectivity index (χ2v) is 6.83. The SMILES string of the molecule is COc1cc(C(=O)NNC(=O)CCC(C)C)ccc1OCCC(C)C. The second kappa shape index (κ2) is 10.6. The van der Waals surface area contributed by atoms with Gasteiger partial charge < -0.3 is 9.47 Å². The Morgan fingerprint density at radius 1 is 1.00 bits per heavy atom. The number of amides is 2. The molecule has 1 aromatic rings. The molecule has 0 spiro atoms. The van der Waals surface area contributed by atoms with Gasteiger partial charge in [0.15, 0.2) is 11.5 Å². The van der Waals surface area contributed by atoms with E-state index in [4.69, 9.17) is 9.47 Å². The molecule has 1 rings (SSSR count). The number of rotatable bonds is 9. The summed E-state index contributed by atoms with van der Waals surface area (Å²) in [6, 6.07) is 4.94. The van der Waals surface area contributed by atoms with Crippen LogP contribution in [0.3, 0.4) is 0 Å². The van der Waals surface area contributed by atoms with Crippen LogP contribution in [0, 0.1) is 11.8 Å². The molecule has 6 nitrogen and oxygen atoms in total. The minimum atomic E-state index is -0.398. The van der Waals surface area contributed by atoms with Gasteiger partial charge in [-0.2, -0.15) is 0 Å². The van der Waals surface area contributed by atoms with Gasteiger partial charge in [-0.3, -0.25) is 20.4 Å². The molecule has 0 heterocycles. The molecule has 0 bridgehead atoms. The molecule has 25 heavy (non-hydrogen) atoms. The summed E-state index contributed by atoms with van der Waals surface area (Å²) >= 11 is 0. The Morgan fingerprint density at radius 2 is 1.68 bits per heavy atom. The highest BCUT2D eigenvalue weighted by Crippen LogP contribution is 2.28. The average molecular weight is 350 g/mol. The molecule has 0 aromatic heterocycles. The van der Waals surface area contributed by atoms with Gasteiger partial charge in [0.1, 0.15) is 0 Å². The van der Waals surface area contributed by atoms with Gasteiger partial charge in [0, 0.05) is 12.0 Å². The first-order chi connectivity index (χ1) is 11.8. The van der Waals surface area contributed by atoms with Crippen LogP contribution in [0.5, 0.6) is 11.5 Å². The fraction of sp³-hybridized carbons (Fsp3) is 0.579. The van der Waals surface area contributed by atoms with E-state index in [0.717, 1.165) is 12.8 Å². The zero-order valence-corrected chi connectivity index (χ0v) is 15.8. The topological polar surface area (TPSA) is 76.7 Å². The Bertz CT molecular complexity index is 571. The van der Waals surface area contributed by atoms with Gasteiger partial charge in [-0.15, -0.1) is 0 Å². The number of methoxy groups -OCH3 is 1. The standard InChI is InChI=1S/C19H30N2O4/c1-13(2)6-9-18(22)20-21-19(23)15-7-8-16(17(12-15)24-5)25-11-10-14(3)4/h7-8,12-14H,6,9-11H2,1-5H3,(H,20,22)(H,21,23). The van der Waals surface area contributed by atoms with Gasteiger partial charge in [-0.25, -0.2) is 0 Å². The summed E-state index contributed by atoms with van der Waals surface area (Å²) in [5.41, 5.74) is 5.23. The Labute approximate surface area is 150 Å². The maximum Gasteiger partial charge on any atom is 0.269 e. The van der Waals surface area contributed by atoms with Gasteiger partial charge >= 0.3 is 0 Å². The molecule has 6 heteroatoms. The normalized spacial score (nSPS) is 10.7. The van der Waals surface area contributed by atoms with E-state index in [9.17, 15) is 9.59 Å². The quantitative estimate of drug-likeness (QED) is 0.670. The summed E-state index contributed by atoms with van der Waals surface area (Å²) in [7, 11) is 1.53. The van der Waals surface area contributed by atoms with Crippen LogP contribution in [0.1, 0.15) is 57.3 Å². The molecule has 0 saturated carbocycles. The van der Waals surface area contributed by atoms with Crippen LogP contribution in [0.25, 0.3) is 0 Å². The van der Waals surface area contributed by atoms with Crippen molar-refractivity contribution < 1.29 is 19.1 Å². The molecule has 2 amide bonds. The van der Waals surface area contributed by atoms with Crippen molar-refractivity contribution in [3.05, 3.63) is 23.8 Å². The highest BCUT2D eigenvalue weighted by molar-refractivity contribution is 5.96. The maximum absolute atomic E-state index is 12.1. The predicted octanol–water partition coefficient (Wildman–Crippen LogP) is 3.32. The number of hydrogen-bond acceptors (Lipinski definition) is 4. The first kappa shape index (κ1) is 20.8. The highest BCUT2D eigenvalue weighted by atomic mass is 16.5. The number of carbonyl (C=O) groups is 2. The molecule has 2 N–H and O–H groups in total. The molecular formula is C19H30N2O4. The minimum Gasteiger partial charge on any atom is -0.493 e. The Balaban J connectivity index is 2.59. The van der Waals surface area contributed by atoms with Crippen molar-refractivity contribution in [2.45, 2.75) is 47.0 Å². The number of nitrogens with one attached hydrogen (secondary N) is 2. The van der Waals surface area contributed by atoms with Crippen molar-refractivity contribution in [1.29, 1.82) is 0 Å². The van der Waals surface area contributed by atoms with Crippen LogP contribution >= 0.6 is 0 Å². The summed E-state index contributed by atoms with van der Waals surface area (Å²) < 4.78 is 11.0. The summed E-state index contributed by atoms with van der Waals surface area (Å²) in [6.07, 6.45) is 2.09. The van der Waals surface area contributed by atoms with E-state index in [0.29, 0.717) is 41.9 Å². The molecule has 0 unspecified atom stereocenters. The Kier molecular flexibility index (Phi) is 8.81. The van der Waals surface area contributed by atoms with Gasteiger partial charge in [0.2, 0.25) is 5.91 Å². The fourth-order valence-corrected chi connectivity index (χ4v) is 2.01. The fourth-order valence-electron chi connectivity index (χ4n) is 2.01. The van der Waals surface area contributed by atoms with Gasteiger partial charge in [0.05, 0.1) is 13.7 Å². The lowest BCUT2D eigenvalue weighted by Gasteiger charge is -2.13. The summed E-state index contributed by atoms with van der Waals surface area (Å²) in [5.74, 6) is 1.47. The summed E-state index contributed by atoms with van der Waals surface area (Å²) in [5, 5.41) is 0. The number of hydrazine groups is 1. The van der Waals surface area contributed by atoms with Crippen LogP contribution < -0.4 is 20.3 Å². The second-order valence-electron chi connectivity index (χ2n) is 6.83. The largest absolute Gasteiger partial charge is 0.493 e. The summed E-state index contributed by atoms with van der Waals surface area (Å²) in [6.45, 7) is 8.93. The minimum absolute atomic E-state index is 0.206. The third-order valence-corrected chi connectivity index (χ3v) is 3.64. The number of ether oxygens (including phenoxy) is 2. The van der Waals surface area contributed by atoms with Crippen LogP contribution in [0.2, 0.25) is 0 Å². The number of benzene rings is 1. The Hall–Kier alpha value is -2.24. The first-order valence-electron chi connectivity index (χ1n) is 8.73. The van der Waals surface area contributed by atoms with Crippen LogP contribution in [-0.4, -0.2) is 25.5 Å². The third kappa shape index (κ3) is 7.92. The van der Waals surface area contributed by atoms with E-state index >= 15 is 0 Å². The first-order valence-corrected chi connectivity index (χ1v) is 8.73. The molecule has 0 saturated heterocycles. The monoisotopic (exact) mass is 350 g/mol. The zero-order chi connectivity index (χ0) is 18.8. The van der Waals surface area contributed by atoms with E-state index in [1.54, 1.807) is 18.2 Å². The van der Waals surface area contributed by atoms with Crippen molar-refractivity contribution in [2.75, 3.05) is 13.7 Å². The molecule has 0 aliphatic rings. The predicted molar refractivity (Wildman–Crippen MR) is 97.6 cm³/mol. The average Bonchev–Trinajstić information content (AvgIpc) is 2.57. The van der Waals surface area contributed by atoms with Crippen LogP contribution in [0.4, 0.5) is 0 Å². The Morgan fingerprint density at radius 3 is 2.28 bits per heavy atom. The molecule has 0 atom stereocenters. The number of hydrogen-bond donors (Lipinski definition) is 2. The van der Waals surface area contributed by atoms with Gasteiger partial charge in [-0.05, 0) is 42.9 Å². The number of carbonyl (C=O) groups excluding carboxylic acids is 2. The molecular weight excluding hydrogens is 320 g/mol. The van der Waals surface area contributed by atoms with E-state index < -0.39 is 5.91 Å². The van der Waals surface area contributed by atoms with E-state index in [1.165, 1.54) is 7.11 Å². The lowest BCUT2D eigenvalue weighted by Crippen LogP contribution is -2.41.